The monoisotopic (exact) mass is 223 g/mol. The summed E-state index contributed by atoms with van der Waals surface area (Å²) in [5.41, 5.74) is 2.17. The Balaban J connectivity index is 2.74. The van der Waals surface area contributed by atoms with Crippen LogP contribution in [-0.2, 0) is 20.6 Å². The van der Waals surface area contributed by atoms with Gasteiger partial charge in [-0.3, -0.25) is 0 Å². The molecule has 0 saturated carbocycles. The van der Waals surface area contributed by atoms with E-state index >= 15 is 0 Å². The highest BCUT2D eigenvalue weighted by molar-refractivity contribution is 5.34. The van der Waals surface area contributed by atoms with Gasteiger partial charge >= 0.3 is 0 Å². The quantitative estimate of drug-likeness (QED) is 0.664. The molecule has 3 heteroatoms. The van der Waals surface area contributed by atoms with E-state index in [-0.39, 0.29) is 0 Å². The molecule has 0 N–H and O–H groups in total. The van der Waals surface area contributed by atoms with Crippen molar-refractivity contribution in [2.75, 3.05) is 27.4 Å². The third-order valence-corrected chi connectivity index (χ3v) is 2.33. The van der Waals surface area contributed by atoms with Gasteiger partial charge in [0, 0.05) is 26.4 Å². The zero-order chi connectivity index (χ0) is 11.8. The lowest BCUT2D eigenvalue weighted by atomic mass is 10.0. The van der Waals surface area contributed by atoms with Crippen LogP contribution in [0.5, 0.6) is 0 Å². The fourth-order valence-corrected chi connectivity index (χ4v) is 1.57. The first-order valence-electron chi connectivity index (χ1n) is 5.44. The van der Waals surface area contributed by atoms with Crippen molar-refractivity contribution in [2.24, 2.45) is 0 Å². The summed E-state index contributed by atoms with van der Waals surface area (Å²) in [6, 6.07) is 8.03. The predicted octanol–water partition coefficient (Wildman–Crippen LogP) is 2.40. The Labute approximate surface area is 97.3 Å². The molecule has 0 unspecified atom stereocenters. The van der Waals surface area contributed by atoms with Crippen LogP contribution in [-0.4, -0.2) is 27.4 Å². The fraction of sp³-hybridized carbons (Fsp3) is 0.462. The summed E-state index contributed by atoms with van der Waals surface area (Å²) in [5, 5.41) is 0. The van der Waals surface area contributed by atoms with Crippen molar-refractivity contribution in [2.45, 2.75) is 13.3 Å². The van der Waals surface area contributed by atoms with Crippen LogP contribution in [0.15, 0.2) is 24.3 Å². The van der Waals surface area contributed by atoms with E-state index in [1.54, 1.807) is 14.2 Å². The van der Waals surface area contributed by atoms with E-state index in [0.717, 1.165) is 18.6 Å². The zero-order valence-electron chi connectivity index (χ0n) is 10.2. The SMILES string of the molecule is CCOCCc1ccccc1[C](OC)OC. The van der Waals surface area contributed by atoms with Crippen molar-refractivity contribution in [1.82, 2.24) is 0 Å². The zero-order valence-corrected chi connectivity index (χ0v) is 10.2. The molecule has 0 bridgehead atoms. The molecule has 0 amide bonds. The average molecular weight is 223 g/mol. The van der Waals surface area contributed by atoms with Crippen molar-refractivity contribution >= 4 is 0 Å². The minimum absolute atomic E-state index is 0.548. The molecule has 89 valence electrons. The molecule has 1 radical (unpaired) electrons. The van der Waals surface area contributed by atoms with Gasteiger partial charge < -0.3 is 14.2 Å². The topological polar surface area (TPSA) is 27.7 Å². The molecule has 3 nitrogen and oxygen atoms in total. The summed E-state index contributed by atoms with van der Waals surface area (Å²) in [4.78, 5) is 0. The van der Waals surface area contributed by atoms with E-state index in [1.165, 1.54) is 5.56 Å². The third-order valence-electron chi connectivity index (χ3n) is 2.33. The van der Waals surface area contributed by atoms with E-state index in [4.69, 9.17) is 14.2 Å². The second kappa shape index (κ2) is 7.39. The molecule has 1 aromatic carbocycles. The lowest BCUT2D eigenvalue weighted by Crippen LogP contribution is -2.09. The second-order valence-electron chi connectivity index (χ2n) is 3.30. The average Bonchev–Trinajstić information content (AvgIpc) is 2.33. The maximum absolute atomic E-state index is 5.35. The van der Waals surface area contributed by atoms with Gasteiger partial charge in [-0.05, 0) is 18.9 Å². The van der Waals surface area contributed by atoms with Gasteiger partial charge in [0.25, 0.3) is 6.29 Å². The predicted molar refractivity (Wildman–Crippen MR) is 63.0 cm³/mol. The Bertz CT molecular complexity index is 295. The van der Waals surface area contributed by atoms with Crippen molar-refractivity contribution in [1.29, 1.82) is 0 Å². The van der Waals surface area contributed by atoms with Crippen LogP contribution in [0.2, 0.25) is 0 Å². The van der Waals surface area contributed by atoms with Gasteiger partial charge in [0.2, 0.25) is 0 Å². The summed E-state index contributed by atoms with van der Waals surface area (Å²) in [5.74, 6) is 0. The molecule has 0 atom stereocenters. The summed E-state index contributed by atoms with van der Waals surface area (Å²) >= 11 is 0. The maximum atomic E-state index is 5.35. The first kappa shape index (κ1) is 13.2. The van der Waals surface area contributed by atoms with Crippen molar-refractivity contribution < 1.29 is 14.2 Å². The summed E-state index contributed by atoms with van der Waals surface area (Å²) in [6.45, 7) is 3.45. The molecule has 1 rings (SSSR count). The van der Waals surface area contributed by atoms with E-state index < -0.39 is 0 Å². The molecule has 0 aromatic heterocycles. The molecule has 0 heterocycles. The first-order chi connectivity index (χ1) is 7.83. The highest BCUT2D eigenvalue weighted by atomic mass is 16.7. The van der Waals surface area contributed by atoms with Crippen molar-refractivity contribution in [3.63, 3.8) is 0 Å². The van der Waals surface area contributed by atoms with Gasteiger partial charge in [0.15, 0.2) is 0 Å². The normalized spacial score (nSPS) is 11.0. The van der Waals surface area contributed by atoms with Crippen LogP contribution < -0.4 is 0 Å². The summed E-state index contributed by atoms with van der Waals surface area (Å²) in [7, 11) is 3.22. The van der Waals surface area contributed by atoms with Gasteiger partial charge in [-0.15, -0.1) is 0 Å². The van der Waals surface area contributed by atoms with E-state index in [0.29, 0.717) is 12.9 Å². The van der Waals surface area contributed by atoms with Gasteiger partial charge in [-0.2, -0.15) is 0 Å². The van der Waals surface area contributed by atoms with Gasteiger partial charge in [0.1, 0.15) is 0 Å². The maximum Gasteiger partial charge on any atom is 0.255 e. The van der Waals surface area contributed by atoms with Crippen LogP contribution in [0.1, 0.15) is 18.1 Å². The van der Waals surface area contributed by atoms with Crippen LogP contribution >= 0.6 is 0 Å². The molecule has 1 aromatic rings. The molecule has 0 aliphatic carbocycles. The Kier molecular flexibility index (Phi) is 6.08. The number of benzene rings is 1. The number of ether oxygens (including phenoxy) is 3. The minimum atomic E-state index is 0.548. The molecule has 0 aliphatic heterocycles. The van der Waals surface area contributed by atoms with Crippen molar-refractivity contribution in [3.8, 4) is 0 Å². The van der Waals surface area contributed by atoms with E-state index in [9.17, 15) is 0 Å². The fourth-order valence-electron chi connectivity index (χ4n) is 1.57. The van der Waals surface area contributed by atoms with Crippen molar-refractivity contribution in [3.05, 3.63) is 41.7 Å². The number of methoxy groups -OCH3 is 2. The van der Waals surface area contributed by atoms with Gasteiger partial charge in [-0.1, -0.05) is 24.3 Å². The van der Waals surface area contributed by atoms with Crippen LogP contribution in [0.4, 0.5) is 0 Å². The number of hydrogen-bond donors (Lipinski definition) is 0. The first-order valence-corrected chi connectivity index (χ1v) is 5.44. The molecule has 0 saturated heterocycles. The molecule has 0 aliphatic rings. The Morgan fingerprint density at radius 3 is 2.44 bits per heavy atom. The van der Waals surface area contributed by atoms with Gasteiger partial charge in [-0.25, -0.2) is 0 Å². The largest absolute Gasteiger partial charge is 0.381 e. The standard InChI is InChI=1S/C13H19O3/c1-4-16-10-9-11-7-5-6-8-12(11)13(14-2)15-3/h5-8H,4,9-10H2,1-3H3. The summed E-state index contributed by atoms with van der Waals surface area (Å²) < 4.78 is 15.7. The minimum Gasteiger partial charge on any atom is -0.381 e. The summed E-state index contributed by atoms with van der Waals surface area (Å²) in [6.07, 6.45) is 1.41. The molecule has 0 spiro atoms. The lowest BCUT2D eigenvalue weighted by Gasteiger charge is -2.15. The highest BCUT2D eigenvalue weighted by Crippen LogP contribution is 2.20. The third kappa shape index (κ3) is 3.59. The van der Waals surface area contributed by atoms with E-state index in [1.807, 2.05) is 25.1 Å². The van der Waals surface area contributed by atoms with Crippen LogP contribution in [0.3, 0.4) is 0 Å². The van der Waals surface area contributed by atoms with E-state index in [2.05, 4.69) is 6.07 Å². The molecule has 0 fully saturated rings. The Morgan fingerprint density at radius 2 is 1.81 bits per heavy atom. The molecular formula is C13H19O3. The number of rotatable bonds is 7. The van der Waals surface area contributed by atoms with Gasteiger partial charge in [0.05, 0.1) is 6.61 Å². The second-order valence-corrected chi connectivity index (χ2v) is 3.30. The lowest BCUT2D eigenvalue weighted by molar-refractivity contribution is 0.0262. The molecule has 16 heavy (non-hydrogen) atoms. The Morgan fingerprint density at radius 1 is 1.12 bits per heavy atom. The highest BCUT2D eigenvalue weighted by Gasteiger charge is 2.14. The smallest absolute Gasteiger partial charge is 0.255 e. The van der Waals surface area contributed by atoms with Crippen LogP contribution in [0.25, 0.3) is 0 Å². The Hall–Kier alpha value is -0.900. The molecular weight excluding hydrogens is 204 g/mol. The number of hydrogen-bond acceptors (Lipinski definition) is 3. The van der Waals surface area contributed by atoms with Crippen LogP contribution in [0, 0.1) is 6.29 Å².